The second-order valence-electron chi connectivity index (χ2n) is 7.05. The summed E-state index contributed by atoms with van der Waals surface area (Å²) < 4.78 is 5.82. The summed E-state index contributed by atoms with van der Waals surface area (Å²) in [5, 5.41) is 9.20. The zero-order chi connectivity index (χ0) is 14.5. The molecule has 4 rings (SSSR count). The average Bonchev–Trinajstić information content (AvgIpc) is 2.32. The third-order valence-corrected chi connectivity index (χ3v) is 5.49. The maximum atomic E-state index is 12.0. The van der Waals surface area contributed by atoms with Gasteiger partial charge in [-0.25, -0.2) is 4.79 Å². The van der Waals surface area contributed by atoms with Crippen molar-refractivity contribution in [3.63, 3.8) is 0 Å². The Kier molecular flexibility index (Phi) is 3.14. The quantitative estimate of drug-likeness (QED) is 0.634. The van der Waals surface area contributed by atoms with Crippen LogP contribution in [-0.4, -0.2) is 22.6 Å². The fourth-order valence-electron chi connectivity index (χ4n) is 5.04. The van der Waals surface area contributed by atoms with Crippen LogP contribution < -0.4 is 0 Å². The summed E-state index contributed by atoms with van der Waals surface area (Å²) in [6, 6.07) is 0. The fraction of sp³-hybridized carbons (Fsp3) is 0.750. The molecule has 110 valence electrons. The number of rotatable bonds is 4. The number of ether oxygens (including phenoxy) is 1. The van der Waals surface area contributed by atoms with Crippen LogP contribution in [0.1, 0.15) is 45.4 Å². The summed E-state index contributed by atoms with van der Waals surface area (Å²) in [4.78, 5) is 23.2. The third kappa shape index (κ3) is 2.15. The molecule has 20 heavy (non-hydrogen) atoms. The van der Waals surface area contributed by atoms with E-state index in [0.29, 0.717) is 23.3 Å². The highest BCUT2D eigenvalue weighted by Crippen LogP contribution is 2.60. The van der Waals surface area contributed by atoms with Crippen molar-refractivity contribution in [2.45, 2.75) is 51.0 Å². The average molecular weight is 278 g/mol. The molecule has 0 saturated heterocycles. The summed E-state index contributed by atoms with van der Waals surface area (Å²) in [6.07, 6.45) is 5.26. The number of carbonyl (C=O) groups excluding carboxylic acids is 1. The highest BCUT2D eigenvalue weighted by atomic mass is 16.6. The van der Waals surface area contributed by atoms with E-state index in [9.17, 15) is 14.7 Å². The Morgan fingerprint density at radius 2 is 1.85 bits per heavy atom. The minimum Gasteiger partial charge on any atom is -0.481 e. The molecule has 4 heteroatoms. The van der Waals surface area contributed by atoms with Gasteiger partial charge in [0.05, 0.1) is 6.42 Å². The van der Waals surface area contributed by atoms with Gasteiger partial charge in [0.1, 0.15) is 5.60 Å². The van der Waals surface area contributed by atoms with E-state index in [0.717, 1.165) is 25.7 Å². The largest absolute Gasteiger partial charge is 0.481 e. The first-order chi connectivity index (χ1) is 9.39. The van der Waals surface area contributed by atoms with Gasteiger partial charge < -0.3 is 9.84 Å². The Balaban J connectivity index is 1.89. The molecule has 1 N–H and O–H groups in total. The number of aliphatic carboxylic acids is 1. The molecule has 0 heterocycles. The normalized spacial score (nSPS) is 41.5. The van der Waals surface area contributed by atoms with E-state index in [-0.39, 0.29) is 18.3 Å². The zero-order valence-electron chi connectivity index (χ0n) is 11.9. The molecule has 0 amide bonds. The number of hydrogen-bond acceptors (Lipinski definition) is 3. The molecule has 4 aliphatic rings. The topological polar surface area (TPSA) is 63.6 Å². The van der Waals surface area contributed by atoms with Crippen LogP contribution in [0.15, 0.2) is 12.2 Å². The third-order valence-electron chi connectivity index (χ3n) is 5.49. The first-order valence-corrected chi connectivity index (χ1v) is 7.50. The monoisotopic (exact) mass is 278 g/mol. The van der Waals surface area contributed by atoms with Crippen LogP contribution in [0.3, 0.4) is 0 Å². The first-order valence-electron chi connectivity index (χ1n) is 7.50. The SMILES string of the molecule is C=C(C)C(=O)OC12CC3CC(CC(C3)C1CC(=O)O)C2. The molecule has 3 atom stereocenters. The number of esters is 1. The molecule has 4 bridgehead atoms. The Bertz CT molecular complexity index is 453. The highest BCUT2D eigenvalue weighted by Gasteiger charge is 2.59. The van der Waals surface area contributed by atoms with Crippen LogP contribution in [0.25, 0.3) is 0 Å². The van der Waals surface area contributed by atoms with Crippen molar-refractivity contribution in [1.29, 1.82) is 0 Å². The van der Waals surface area contributed by atoms with Crippen molar-refractivity contribution < 1.29 is 19.4 Å². The molecule has 0 aromatic heterocycles. The molecule has 4 fully saturated rings. The Hall–Kier alpha value is -1.32. The summed E-state index contributed by atoms with van der Waals surface area (Å²) >= 11 is 0. The molecule has 4 aliphatic carbocycles. The van der Waals surface area contributed by atoms with Gasteiger partial charge in [0.15, 0.2) is 0 Å². The lowest BCUT2D eigenvalue weighted by molar-refractivity contribution is -0.208. The van der Waals surface area contributed by atoms with E-state index in [1.54, 1.807) is 6.92 Å². The standard InChI is InChI=1S/C16H22O4/c1-9(2)15(19)20-16-7-10-3-11(8-16)5-12(4-10)13(16)6-14(17)18/h10-13H,1,3-8H2,2H3,(H,17,18). The van der Waals surface area contributed by atoms with E-state index < -0.39 is 11.6 Å². The van der Waals surface area contributed by atoms with Crippen molar-refractivity contribution in [3.8, 4) is 0 Å². The summed E-state index contributed by atoms with van der Waals surface area (Å²) in [7, 11) is 0. The molecule has 0 aromatic carbocycles. The smallest absolute Gasteiger partial charge is 0.333 e. The fourth-order valence-corrected chi connectivity index (χ4v) is 5.04. The van der Waals surface area contributed by atoms with Gasteiger partial charge in [0, 0.05) is 11.5 Å². The summed E-state index contributed by atoms with van der Waals surface area (Å²) in [6.45, 7) is 5.30. The van der Waals surface area contributed by atoms with Gasteiger partial charge in [-0.2, -0.15) is 0 Å². The Morgan fingerprint density at radius 3 is 2.35 bits per heavy atom. The lowest BCUT2D eigenvalue weighted by Gasteiger charge is -2.60. The predicted molar refractivity (Wildman–Crippen MR) is 72.9 cm³/mol. The number of carboxylic acid groups (broad SMARTS) is 1. The van der Waals surface area contributed by atoms with E-state index in [4.69, 9.17) is 4.74 Å². The van der Waals surface area contributed by atoms with Crippen molar-refractivity contribution in [2.24, 2.45) is 23.7 Å². The molecule has 0 spiro atoms. The number of carbonyl (C=O) groups is 2. The molecular formula is C16H22O4. The van der Waals surface area contributed by atoms with E-state index >= 15 is 0 Å². The second-order valence-corrected chi connectivity index (χ2v) is 7.05. The summed E-state index contributed by atoms with van der Waals surface area (Å²) in [5.74, 6) is 0.466. The Labute approximate surface area is 119 Å². The highest BCUT2D eigenvalue weighted by molar-refractivity contribution is 5.87. The van der Waals surface area contributed by atoms with Crippen LogP contribution in [0.2, 0.25) is 0 Å². The van der Waals surface area contributed by atoms with Crippen LogP contribution >= 0.6 is 0 Å². The molecule has 0 radical (unpaired) electrons. The van der Waals surface area contributed by atoms with E-state index in [1.165, 1.54) is 6.42 Å². The van der Waals surface area contributed by atoms with Crippen LogP contribution in [0.4, 0.5) is 0 Å². The van der Waals surface area contributed by atoms with Crippen LogP contribution in [0.5, 0.6) is 0 Å². The summed E-state index contributed by atoms with van der Waals surface area (Å²) in [5.41, 5.74) is -0.141. The maximum Gasteiger partial charge on any atom is 0.333 e. The van der Waals surface area contributed by atoms with Crippen molar-refractivity contribution in [1.82, 2.24) is 0 Å². The molecule has 4 saturated carbocycles. The van der Waals surface area contributed by atoms with Gasteiger partial charge in [-0.15, -0.1) is 0 Å². The van der Waals surface area contributed by atoms with Gasteiger partial charge >= 0.3 is 11.9 Å². The predicted octanol–water partition coefficient (Wildman–Crippen LogP) is 2.78. The minimum absolute atomic E-state index is 0.0175. The molecular weight excluding hydrogens is 256 g/mol. The van der Waals surface area contributed by atoms with E-state index in [2.05, 4.69) is 6.58 Å². The van der Waals surface area contributed by atoms with Crippen molar-refractivity contribution in [3.05, 3.63) is 12.2 Å². The zero-order valence-corrected chi connectivity index (χ0v) is 11.9. The molecule has 3 unspecified atom stereocenters. The van der Waals surface area contributed by atoms with Gasteiger partial charge in [-0.1, -0.05) is 6.58 Å². The molecule has 0 aliphatic heterocycles. The van der Waals surface area contributed by atoms with Crippen LogP contribution in [0, 0.1) is 23.7 Å². The second kappa shape index (κ2) is 4.61. The molecule has 4 nitrogen and oxygen atoms in total. The van der Waals surface area contributed by atoms with Crippen molar-refractivity contribution >= 4 is 11.9 Å². The maximum absolute atomic E-state index is 12.0. The van der Waals surface area contributed by atoms with Gasteiger partial charge in [-0.05, 0) is 56.8 Å². The van der Waals surface area contributed by atoms with E-state index in [1.807, 2.05) is 0 Å². The first kappa shape index (κ1) is 13.7. The van der Waals surface area contributed by atoms with Gasteiger partial charge in [0.2, 0.25) is 0 Å². The molecule has 0 aromatic rings. The Morgan fingerprint density at radius 1 is 1.25 bits per heavy atom. The number of carboxylic acids is 1. The minimum atomic E-state index is -0.784. The lowest BCUT2D eigenvalue weighted by Crippen LogP contribution is -2.59. The van der Waals surface area contributed by atoms with Gasteiger partial charge in [-0.3, -0.25) is 4.79 Å². The van der Waals surface area contributed by atoms with Crippen LogP contribution in [-0.2, 0) is 14.3 Å². The lowest BCUT2D eigenvalue weighted by atomic mass is 9.49. The van der Waals surface area contributed by atoms with Gasteiger partial charge in [0.25, 0.3) is 0 Å². The van der Waals surface area contributed by atoms with Crippen molar-refractivity contribution in [2.75, 3.05) is 0 Å². The number of hydrogen-bond donors (Lipinski definition) is 1.